The first-order valence-electron chi connectivity index (χ1n) is 8.44. The van der Waals surface area contributed by atoms with Gasteiger partial charge in [0.2, 0.25) is 0 Å². The molecule has 0 saturated heterocycles. The average molecular weight is 347 g/mol. The molecule has 0 amide bonds. The van der Waals surface area contributed by atoms with E-state index in [0.29, 0.717) is 33.2 Å². The Bertz CT molecular complexity index is 1170. The number of ketones is 1. The van der Waals surface area contributed by atoms with Crippen LogP contribution in [-0.2, 0) is 11.8 Å². The van der Waals surface area contributed by atoms with E-state index < -0.39 is 11.5 Å². The van der Waals surface area contributed by atoms with Crippen molar-refractivity contribution in [3.8, 4) is 11.1 Å². The van der Waals surface area contributed by atoms with Gasteiger partial charge in [-0.05, 0) is 31.0 Å². The maximum atomic E-state index is 13.0. The van der Waals surface area contributed by atoms with Gasteiger partial charge in [-0.25, -0.2) is 4.79 Å². The molecule has 26 heavy (non-hydrogen) atoms. The number of hydrogen-bond donors (Lipinski definition) is 0. The van der Waals surface area contributed by atoms with Gasteiger partial charge in [-0.15, -0.1) is 0 Å². The summed E-state index contributed by atoms with van der Waals surface area (Å²) < 4.78 is 6.59. The standard InChI is InChI=1S/C21H17NO4/c1-4-26-21(25)17-15-12-7-5-6-8-13(12)19(23)14-10-9-11(2)18(16(14)15)22(3)20(17)24/h5-10H,4H2,1-3H3. The molecule has 1 aliphatic carbocycles. The lowest BCUT2D eigenvalue weighted by Crippen LogP contribution is -2.29. The molecule has 130 valence electrons. The predicted molar refractivity (Wildman–Crippen MR) is 98.8 cm³/mol. The molecule has 0 atom stereocenters. The molecule has 1 aromatic heterocycles. The highest BCUT2D eigenvalue weighted by Gasteiger charge is 2.32. The van der Waals surface area contributed by atoms with E-state index in [9.17, 15) is 14.4 Å². The van der Waals surface area contributed by atoms with Gasteiger partial charge in [-0.3, -0.25) is 9.59 Å². The van der Waals surface area contributed by atoms with Crippen molar-refractivity contribution in [1.82, 2.24) is 4.57 Å². The highest BCUT2D eigenvalue weighted by Crippen LogP contribution is 2.41. The number of pyridine rings is 1. The Kier molecular flexibility index (Phi) is 3.54. The van der Waals surface area contributed by atoms with Crippen LogP contribution in [0.4, 0.5) is 0 Å². The zero-order valence-electron chi connectivity index (χ0n) is 14.8. The highest BCUT2D eigenvalue weighted by atomic mass is 16.5. The van der Waals surface area contributed by atoms with Crippen LogP contribution in [0.15, 0.2) is 41.2 Å². The number of nitrogens with zero attached hydrogens (tertiary/aromatic N) is 1. The fourth-order valence-corrected chi connectivity index (χ4v) is 3.78. The number of carbonyl (C=O) groups excluding carboxylic acids is 2. The minimum Gasteiger partial charge on any atom is -0.462 e. The van der Waals surface area contributed by atoms with Gasteiger partial charge in [0.25, 0.3) is 5.56 Å². The van der Waals surface area contributed by atoms with Crippen LogP contribution >= 0.6 is 0 Å². The van der Waals surface area contributed by atoms with Crippen molar-refractivity contribution in [2.24, 2.45) is 7.05 Å². The Labute approximate surface area is 149 Å². The number of benzene rings is 2. The molecule has 0 bridgehead atoms. The quantitative estimate of drug-likeness (QED) is 0.522. The zero-order valence-corrected chi connectivity index (χ0v) is 14.8. The van der Waals surface area contributed by atoms with E-state index in [-0.39, 0.29) is 18.0 Å². The number of ether oxygens (including phenoxy) is 1. The third kappa shape index (κ3) is 2.00. The summed E-state index contributed by atoms with van der Waals surface area (Å²) in [5.41, 5.74) is 3.18. The third-order valence-electron chi connectivity index (χ3n) is 4.90. The first-order valence-corrected chi connectivity index (χ1v) is 8.44. The fraction of sp³-hybridized carbons (Fsp3) is 0.190. The second-order valence-electron chi connectivity index (χ2n) is 6.36. The first-order chi connectivity index (χ1) is 12.5. The van der Waals surface area contributed by atoms with Crippen LogP contribution in [-0.4, -0.2) is 22.9 Å². The summed E-state index contributed by atoms with van der Waals surface area (Å²) in [5, 5.41) is 0.638. The van der Waals surface area contributed by atoms with Crippen molar-refractivity contribution in [3.63, 3.8) is 0 Å². The number of esters is 1. The number of carbonyl (C=O) groups is 2. The van der Waals surface area contributed by atoms with Crippen molar-refractivity contribution >= 4 is 22.7 Å². The lowest BCUT2D eigenvalue weighted by atomic mass is 9.81. The van der Waals surface area contributed by atoms with Crippen LogP contribution in [0, 0.1) is 6.92 Å². The van der Waals surface area contributed by atoms with Crippen molar-refractivity contribution < 1.29 is 14.3 Å². The maximum absolute atomic E-state index is 13.0. The number of fused-ring (bicyclic) bond motifs is 2. The van der Waals surface area contributed by atoms with E-state index in [1.54, 1.807) is 44.3 Å². The van der Waals surface area contributed by atoms with E-state index >= 15 is 0 Å². The van der Waals surface area contributed by atoms with E-state index in [0.717, 1.165) is 5.56 Å². The second kappa shape index (κ2) is 5.66. The summed E-state index contributed by atoms with van der Waals surface area (Å²) in [6.07, 6.45) is 0. The fourth-order valence-electron chi connectivity index (χ4n) is 3.78. The summed E-state index contributed by atoms with van der Waals surface area (Å²) in [6, 6.07) is 10.7. The molecule has 4 rings (SSSR count). The molecule has 0 N–H and O–H groups in total. The van der Waals surface area contributed by atoms with Gasteiger partial charge >= 0.3 is 5.97 Å². The number of aryl methyl sites for hydroxylation is 2. The molecular formula is C21H17NO4. The van der Waals surface area contributed by atoms with Crippen molar-refractivity contribution in [2.45, 2.75) is 13.8 Å². The van der Waals surface area contributed by atoms with E-state index in [1.807, 2.05) is 13.0 Å². The largest absolute Gasteiger partial charge is 0.462 e. The van der Waals surface area contributed by atoms with Crippen molar-refractivity contribution in [3.05, 3.63) is 69.0 Å². The minimum atomic E-state index is -0.665. The number of aromatic nitrogens is 1. The average Bonchev–Trinajstić information content (AvgIpc) is 2.63. The van der Waals surface area contributed by atoms with Gasteiger partial charge in [-0.1, -0.05) is 30.3 Å². The van der Waals surface area contributed by atoms with E-state index in [1.165, 1.54) is 4.57 Å². The molecule has 0 unspecified atom stereocenters. The van der Waals surface area contributed by atoms with Gasteiger partial charge in [0.05, 0.1) is 12.1 Å². The molecule has 0 spiro atoms. The lowest BCUT2D eigenvalue weighted by molar-refractivity contribution is 0.0524. The Morgan fingerprint density at radius 3 is 2.42 bits per heavy atom. The normalized spacial score (nSPS) is 12.2. The number of hydrogen-bond acceptors (Lipinski definition) is 4. The van der Waals surface area contributed by atoms with Gasteiger partial charge in [0, 0.05) is 29.1 Å². The van der Waals surface area contributed by atoms with Crippen molar-refractivity contribution in [1.29, 1.82) is 0 Å². The third-order valence-corrected chi connectivity index (χ3v) is 4.90. The number of rotatable bonds is 2. The molecule has 0 aliphatic heterocycles. The summed E-state index contributed by atoms with van der Waals surface area (Å²) in [6.45, 7) is 3.75. The smallest absolute Gasteiger partial charge is 0.344 e. The van der Waals surface area contributed by atoms with Gasteiger partial charge in [0.1, 0.15) is 5.56 Å². The van der Waals surface area contributed by atoms with Crippen LogP contribution in [0.1, 0.15) is 38.8 Å². The Morgan fingerprint density at radius 1 is 1.04 bits per heavy atom. The molecule has 5 nitrogen and oxygen atoms in total. The topological polar surface area (TPSA) is 65.4 Å². The van der Waals surface area contributed by atoms with Crippen LogP contribution in [0.5, 0.6) is 0 Å². The molecule has 3 aromatic rings. The molecule has 0 radical (unpaired) electrons. The van der Waals surface area contributed by atoms with Gasteiger partial charge < -0.3 is 9.30 Å². The Morgan fingerprint density at radius 2 is 1.73 bits per heavy atom. The van der Waals surface area contributed by atoms with Crippen LogP contribution in [0.25, 0.3) is 22.0 Å². The molecule has 2 aromatic carbocycles. The summed E-state index contributed by atoms with van der Waals surface area (Å²) in [5.74, 6) is -0.770. The van der Waals surface area contributed by atoms with Crippen LogP contribution < -0.4 is 5.56 Å². The zero-order chi connectivity index (χ0) is 18.6. The van der Waals surface area contributed by atoms with Crippen LogP contribution in [0.3, 0.4) is 0 Å². The van der Waals surface area contributed by atoms with Gasteiger partial charge in [0.15, 0.2) is 5.78 Å². The monoisotopic (exact) mass is 347 g/mol. The highest BCUT2D eigenvalue weighted by molar-refractivity contribution is 6.27. The maximum Gasteiger partial charge on any atom is 0.344 e. The second-order valence-corrected chi connectivity index (χ2v) is 6.36. The van der Waals surface area contributed by atoms with Crippen molar-refractivity contribution in [2.75, 3.05) is 6.61 Å². The van der Waals surface area contributed by atoms with Crippen LogP contribution in [0.2, 0.25) is 0 Å². The summed E-state index contributed by atoms with van der Waals surface area (Å²) >= 11 is 0. The molecule has 1 heterocycles. The molecule has 1 aliphatic rings. The predicted octanol–water partition coefficient (Wildman–Crippen LogP) is 3.24. The first kappa shape index (κ1) is 16.3. The Hall–Kier alpha value is -3.21. The van der Waals surface area contributed by atoms with E-state index in [2.05, 4.69) is 0 Å². The summed E-state index contributed by atoms with van der Waals surface area (Å²) in [7, 11) is 1.62. The SMILES string of the molecule is CCOC(=O)c1c2c3c(ccc(C)c3n(C)c1=O)C(=O)c1ccccc1-2. The minimum absolute atomic E-state index is 0.0198. The molecule has 5 heteroatoms. The Balaban J connectivity index is 2.31. The molecule has 0 fully saturated rings. The summed E-state index contributed by atoms with van der Waals surface area (Å²) in [4.78, 5) is 38.7. The molecule has 0 saturated carbocycles. The van der Waals surface area contributed by atoms with E-state index in [4.69, 9.17) is 4.74 Å². The molecular weight excluding hydrogens is 330 g/mol. The lowest BCUT2D eigenvalue weighted by Gasteiger charge is -2.24. The van der Waals surface area contributed by atoms with Gasteiger partial charge in [-0.2, -0.15) is 0 Å².